The molecule has 6 heteroatoms. The summed E-state index contributed by atoms with van der Waals surface area (Å²) in [4.78, 5) is 12.5. The van der Waals surface area contributed by atoms with Crippen LogP contribution in [0.15, 0.2) is 36.4 Å². The van der Waals surface area contributed by atoms with Crippen LogP contribution in [0, 0.1) is 0 Å². The predicted molar refractivity (Wildman–Crippen MR) is 102 cm³/mol. The summed E-state index contributed by atoms with van der Waals surface area (Å²) < 4.78 is 17.1. The third kappa shape index (κ3) is 4.22. The van der Waals surface area contributed by atoms with Gasteiger partial charge < -0.3 is 19.5 Å². The van der Waals surface area contributed by atoms with Gasteiger partial charge in [-0.2, -0.15) is 0 Å². The number of carbonyl (C=O) groups excluding carboxylic acids is 1. The molecular weight excluding hydrogens is 354 g/mol. The molecule has 1 aliphatic heterocycles. The van der Waals surface area contributed by atoms with Gasteiger partial charge in [0, 0.05) is 23.1 Å². The molecule has 2 aromatic carbocycles. The van der Waals surface area contributed by atoms with Crippen molar-refractivity contribution in [2.75, 3.05) is 11.9 Å². The van der Waals surface area contributed by atoms with Crippen molar-refractivity contribution in [1.29, 1.82) is 0 Å². The highest BCUT2D eigenvalue weighted by Gasteiger charge is 2.24. The Kier molecular flexibility index (Phi) is 5.57. The monoisotopic (exact) mass is 375 g/mol. The number of fused-ring (bicyclic) bond motifs is 1. The second-order valence-electron chi connectivity index (χ2n) is 6.22. The van der Waals surface area contributed by atoms with Crippen molar-refractivity contribution in [2.24, 2.45) is 0 Å². The Morgan fingerprint density at radius 3 is 2.77 bits per heavy atom. The van der Waals surface area contributed by atoms with Gasteiger partial charge in [-0.15, -0.1) is 0 Å². The molecule has 0 saturated heterocycles. The number of nitrogens with one attached hydrogen (secondary N) is 1. The molecule has 138 valence electrons. The van der Waals surface area contributed by atoms with Crippen LogP contribution in [0.25, 0.3) is 0 Å². The number of carbonyl (C=O) groups is 1. The quantitative estimate of drug-likeness (QED) is 0.809. The number of hydrogen-bond acceptors (Lipinski definition) is 4. The number of ether oxygens (including phenoxy) is 3. The highest BCUT2D eigenvalue weighted by atomic mass is 35.5. The molecule has 0 saturated carbocycles. The van der Waals surface area contributed by atoms with Crippen LogP contribution >= 0.6 is 11.6 Å². The summed E-state index contributed by atoms with van der Waals surface area (Å²) in [6.45, 7) is 6.12. The van der Waals surface area contributed by atoms with Crippen LogP contribution in [-0.4, -0.2) is 24.7 Å². The zero-order chi connectivity index (χ0) is 18.7. The minimum absolute atomic E-state index is 0.123. The largest absolute Gasteiger partial charge is 0.492 e. The van der Waals surface area contributed by atoms with E-state index in [9.17, 15) is 4.79 Å². The maximum absolute atomic E-state index is 12.5. The van der Waals surface area contributed by atoms with Crippen molar-refractivity contribution < 1.29 is 19.0 Å². The van der Waals surface area contributed by atoms with Gasteiger partial charge in [-0.05, 0) is 51.1 Å². The molecule has 5 nitrogen and oxygen atoms in total. The van der Waals surface area contributed by atoms with E-state index in [-0.39, 0.29) is 12.0 Å². The van der Waals surface area contributed by atoms with Gasteiger partial charge in [-0.25, -0.2) is 0 Å². The highest BCUT2D eigenvalue weighted by Crippen LogP contribution is 2.38. The zero-order valence-corrected chi connectivity index (χ0v) is 15.8. The topological polar surface area (TPSA) is 56.8 Å². The minimum Gasteiger partial charge on any atom is -0.492 e. The molecule has 1 aliphatic rings. The normalized spacial score (nSPS) is 16.4. The molecule has 0 aromatic heterocycles. The van der Waals surface area contributed by atoms with Crippen LogP contribution in [0.4, 0.5) is 5.69 Å². The molecule has 1 amide bonds. The van der Waals surface area contributed by atoms with Gasteiger partial charge in [0.05, 0.1) is 12.3 Å². The van der Waals surface area contributed by atoms with Crippen molar-refractivity contribution in [1.82, 2.24) is 0 Å². The Balaban J connectivity index is 1.73. The van der Waals surface area contributed by atoms with E-state index in [2.05, 4.69) is 5.32 Å². The lowest BCUT2D eigenvalue weighted by Crippen LogP contribution is -2.30. The average molecular weight is 376 g/mol. The third-order valence-electron chi connectivity index (χ3n) is 4.05. The fourth-order valence-corrected chi connectivity index (χ4v) is 2.94. The SMILES string of the molecule is CCOc1cc2c(cc1NC(=O)[C@@H](C)Oc1ccc(Cl)cc1)O[C@@H](C)C2. The standard InChI is InChI=1S/C20H22ClNO4/c1-4-24-19-10-14-9-12(2)25-18(14)11-17(19)22-20(23)13(3)26-16-7-5-15(21)6-8-16/h5-8,10-13H,4,9H2,1-3H3,(H,22,23)/t12-,13+/m0/s1. The lowest BCUT2D eigenvalue weighted by Gasteiger charge is -2.17. The van der Waals surface area contributed by atoms with Gasteiger partial charge in [0.1, 0.15) is 23.4 Å². The fourth-order valence-electron chi connectivity index (χ4n) is 2.82. The molecule has 0 radical (unpaired) electrons. The van der Waals surface area contributed by atoms with E-state index in [0.29, 0.717) is 28.8 Å². The first-order valence-electron chi connectivity index (χ1n) is 8.65. The summed E-state index contributed by atoms with van der Waals surface area (Å²) in [6.07, 6.45) is 0.274. The Bertz CT molecular complexity index is 791. The highest BCUT2D eigenvalue weighted by molar-refractivity contribution is 6.30. The van der Waals surface area contributed by atoms with Crippen LogP contribution < -0.4 is 19.5 Å². The first-order chi connectivity index (χ1) is 12.5. The Morgan fingerprint density at radius 2 is 2.08 bits per heavy atom. The molecule has 1 N–H and O–H groups in total. The summed E-state index contributed by atoms with van der Waals surface area (Å²) in [5, 5.41) is 3.49. The number of amides is 1. The van der Waals surface area contributed by atoms with Gasteiger partial charge in [-0.3, -0.25) is 4.79 Å². The first-order valence-corrected chi connectivity index (χ1v) is 9.03. The average Bonchev–Trinajstić information content (AvgIpc) is 2.96. The van der Waals surface area contributed by atoms with E-state index in [1.54, 1.807) is 31.2 Å². The smallest absolute Gasteiger partial charge is 0.265 e. The lowest BCUT2D eigenvalue weighted by atomic mass is 10.1. The van der Waals surface area contributed by atoms with Crippen LogP contribution in [0.2, 0.25) is 5.02 Å². The van der Waals surface area contributed by atoms with E-state index < -0.39 is 6.10 Å². The van der Waals surface area contributed by atoms with Gasteiger partial charge in [0.15, 0.2) is 6.10 Å². The summed E-state index contributed by atoms with van der Waals surface area (Å²) in [5.41, 5.74) is 1.67. The number of rotatable bonds is 6. The molecule has 0 spiro atoms. The number of benzene rings is 2. The second kappa shape index (κ2) is 7.87. The maximum Gasteiger partial charge on any atom is 0.265 e. The number of anilines is 1. The Morgan fingerprint density at radius 1 is 1.35 bits per heavy atom. The fraction of sp³-hybridized carbons (Fsp3) is 0.350. The van der Waals surface area contributed by atoms with E-state index in [0.717, 1.165) is 17.7 Å². The van der Waals surface area contributed by atoms with Crippen LogP contribution in [-0.2, 0) is 11.2 Å². The zero-order valence-electron chi connectivity index (χ0n) is 15.0. The van der Waals surface area contributed by atoms with Gasteiger partial charge >= 0.3 is 0 Å². The molecular formula is C20H22ClNO4. The summed E-state index contributed by atoms with van der Waals surface area (Å²) in [6, 6.07) is 10.6. The van der Waals surface area contributed by atoms with E-state index >= 15 is 0 Å². The molecule has 0 fully saturated rings. The maximum atomic E-state index is 12.5. The van der Waals surface area contributed by atoms with E-state index in [1.165, 1.54) is 0 Å². The summed E-state index contributed by atoms with van der Waals surface area (Å²) >= 11 is 5.86. The third-order valence-corrected chi connectivity index (χ3v) is 4.30. The van der Waals surface area contributed by atoms with E-state index in [4.69, 9.17) is 25.8 Å². The Labute approximate surface area is 158 Å². The predicted octanol–water partition coefficient (Wildman–Crippen LogP) is 4.47. The van der Waals surface area contributed by atoms with Crippen LogP contribution in [0.1, 0.15) is 26.3 Å². The number of hydrogen-bond donors (Lipinski definition) is 1. The van der Waals surface area contributed by atoms with Crippen molar-refractivity contribution >= 4 is 23.2 Å². The van der Waals surface area contributed by atoms with E-state index in [1.807, 2.05) is 26.0 Å². The molecule has 2 aromatic rings. The Hall–Kier alpha value is -2.40. The van der Waals surface area contributed by atoms with Crippen molar-refractivity contribution in [3.05, 3.63) is 47.0 Å². The molecule has 3 rings (SSSR count). The van der Waals surface area contributed by atoms with Crippen LogP contribution in [0.5, 0.6) is 17.2 Å². The molecule has 1 heterocycles. The summed E-state index contributed by atoms with van der Waals surface area (Å²) in [5.74, 6) is 1.72. The van der Waals surface area contributed by atoms with Crippen molar-refractivity contribution in [3.63, 3.8) is 0 Å². The first kappa shape index (κ1) is 18.4. The molecule has 26 heavy (non-hydrogen) atoms. The number of halogens is 1. The molecule has 2 atom stereocenters. The molecule has 0 unspecified atom stereocenters. The van der Waals surface area contributed by atoms with Crippen molar-refractivity contribution in [2.45, 2.75) is 39.4 Å². The van der Waals surface area contributed by atoms with Crippen LogP contribution in [0.3, 0.4) is 0 Å². The minimum atomic E-state index is -0.682. The second-order valence-corrected chi connectivity index (χ2v) is 6.66. The van der Waals surface area contributed by atoms with Gasteiger partial charge in [-0.1, -0.05) is 11.6 Å². The van der Waals surface area contributed by atoms with Crippen molar-refractivity contribution in [3.8, 4) is 17.2 Å². The van der Waals surface area contributed by atoms with Gasteiger partial charge in [0.25, 0.3) is 5.91 Å². The van der Waals surface area contributed by atoms with Gasteiger partial charge in [0.2, 0.25) is 0 Å². The lowest BCUT2D eigenvalue weighted by molar-refractivity contribution is -0.122. The molecule has 0 aliphatic carbocycles. The summed E-state index contributed by atoms with van der Waals surface area (Å²) in [7, 11) is 0. The molecule has 0 bridgehead atoms.